The summed E-state index contributed by atoms with van der Waals surface area (Å²) in [7, 11) is 0. The minimum atomic E-state index is -0.379. The molecule has 0 aliphatic rings. The van der Waals surface area contributed by atoms with Crippen molar-refractivity contribution in [2.45, 2.75) is 13.5 Å². The highest BCUT2D eigenvalue weighted by molar-refractivity contribution is 5.81. The van der Waals surface area contributed by atoms with Gasteiger partial charge in [0.15, 0.2) is 0 Å². The summed E-state index contributed by atoms with van der Waals surface area (Å²) in [6, 6.07) is 6.61. The average molecular weight is 192 g/mol. The molecule has 0 aliphatic carbocycles. The van der Waals surface area contributed by atoms with Crippen LogP contribution in [0.2, 0.25) is 0 Å². The fraction of sp³-hybridized carbons (Fsp3) is 0.182. The van der Waals surface area contributed by atoms with Crippen LogP contribution >= 0.6 is 0 Å². The molecule has 1 aromatic carbocycles. The highest BCUT2D eigenvalue weighted by Gasteiger charge is 1.98. The molecule has 1 N–H and O–H groups in total. The van der Waals surface area contributed by atoms with Gasteiger partial charge in [0.2, 0.25) is 0 Å². The molecule has 0 heterocycles. The smallest absolute Gasteiger partial charge is 0.330 e. The number of hydrogen-bond donors (Lipinski definition) is 1. The summed E-state index contributed by atoms with van der Waals surface area (Å²) in [4.78, 5) is 10.9. The van der Waals surface area contributed by atoms with Gasteiger partial charge >= 0.3 is 5.97 Å². The van der Waals surface area contributed by atoms with Crippen molar-refractivity contribution in [2.75, 3.05) is 0 Å². The Balaban J connectivity index is 2.49. The van der Waals surface area contributed by atoms with E-state index in [1.165, 1.54) is 6.08 Å². The zero-order valence-electron chi connectivity index (χ0n) is 7.93. The second-order valence-corrected chi connectivity index (χ2v) is 2.78. The van der Waals surface area contributed by atoms with E-state index in [9.17, 15) is 4.79 Å². The molecule has 0 bridgehead atoms. The number of phenolic OH excluding ortho intramolecular Hbond substituents is 1. The van der Waals surface area contributed by atoms with Crippen molar-refractivity contribution in [1.29, 1.82) is 0 Å². The number of ether oxygens (including phenoxy) is 1. The fourth-order valence-corrected chi connectivity index (χ4v) is 0.985. The van der Waals surface area contributed by atoms with Gasteiger partial charge in [-0.15, -0.1) is 0 Å². The minimum absolute atomic E-state index is 0.171. The zero-order chi connectivity index (χ0) is 10.4. The fourth-order valence-electron chi connectivity index (χ4n) is 0.985. The average Bonchev–Trinajstić information content (AvgIpc) is 2.15. The summed E-state index contributed by atoms with van der Waals surface area (Å²) >= 11 is 0. The Bertz CT molecular complexity index is 342. The van der Waals surface area contributed by atoms with Crippen LogP contribution in [0.3, 0.4) is 0 Å². The van der Waals surface area contributed by atoms with E-state index in [0.717, 1.165) is 5.56 Å². The van der Waals surface area contributed by atoms with Crippen molar-refractivity contribution in [2.24, 2.45) is 0 Å². The van der Waals surface area contributed by atoms with E-state index in [4.69, 9.17) is 9.84 Å². The van der Waals surface area contributed by atoms with E-state index in [1.54, 1.807) is 37.3 Å². The van der Waals surface area contributed by atoms with Gasteiger partial charge in [0.1, 0.15) is 12.4 Å². The number of carbonyl (C=O) groups is 1. The Labute approximate surface area is 82.6 Å². The first-order valence-corrected chi connectivity index (χ1v) is 4.29. The lowest BCUT2D eigenvalue weighted by Gasteiger charge is -2.02. The largest absolute Gasteiger partial charge is 0.508 e. The van der Waals surface area contributed by atoms with E-state index >= 15 is 0 Å². The second kappa shape index (κ2) is 5.07. The van der Waals surface area contributed by atoms with Crippen LogP contribution in [-0.2, 0) is 16.1 Å². The molecule has 0 spiro atoms. The van der Waals surface area contributed by atoms with Crippen molar-refractivity contribution < 1.29 is 14.6 Å². The second-order valence-electron chi connectivity index (χ2n) is 2.78. The maximum absolute atomic E-state index is 10.9. The van der Waals surface area contributed by atoms with Gasteiger partial charge in [-0.05, 0) is 24.6 Å². The van der Waals surface area contributed by atoms with E-state index in [1.807, 2.05) is 0 Å². The number of phenols is 1. The molecule has 74 valence electrons. The molecule has 1 rings (SSSR count). The topological polar surface area (TPSA) is 46.5 Å². The number of aromatic hydroxyl groups is 1. The predicted molar refractivity (Wildman–Crippen MR) is 52.7 cm³/mol. The lowest BCUT2D eigenvalue weighted by atomic mass is 10.2. The van der Waals surface area contributed by atoms with Gasteiger partial charge in [0.25, 0.3) is 0 Å². The Kier molecular flexibility index (Phi) is 3.73. The molecule has 0 atom stereocenters. The summed E-state index contributed by atoms with van der Waals surface area (Å²) in [6.45, 7) is 1.92. The molecular weight excluding hydrogens is 180 g/mol. The first-order chi connectivity index (χ1) is 6.72. The van der Waals surface area contributed by atoms with Crippen molar-refractivity contribution in [1.82, 2.24) is 0 Å². The van der Waals surface area contributed by atoms with E-state index in [0.29, 0.717) is 0 Å². The maximum atomic E-state index is 10.9. The highest BCUT2D eigenvalue weighted by atomic mass is 16.5. The van der Waals surface area contributed by atoms with E-state index in [-0.39, 0.29) is 18.3 Å². The molecule has 0 saturated carbocycles. The quantitative estimate of drug-likeness (QED) is 0.588. The molecule has 0 unspecified atom stereocenters. The van der Waals surface area contributed by atoms with Gasteiger partial charge in [-0.2, -0.15) is 0 Å². The van der Waals surface area contributed by atoms with Crippen molar-refractivity contribution >= 4 is 5.97 Å². The van der Waals surface area contributed by atoms with Gasteiger partial charge in [-0.3, -0.25) is 0 Å². The number of esters is 1. The third-order valence-corrected chi connectivity index (χ3v) is 1.59. The van der Waals surface area contributed by atoms with Crippen LogP contribution < -0.4 is 0 Å². The first kappa shape index (κ1) is 10.3. The molecule has 3 heteroatoms. The SMILES string of the molecule is CC=CC(=O)OCc1cccc(O)c1. The van der Waals surface area contributed by atoms with Crippen LogP contribution in [0.1, 0.15) is 12.5 Å². The number of carbonyl (C=O) groups excluding carboxylic acids is 1. The zero-order valence-corrected chi connectivity index (χ0v) is 7.93. The minimum Gasteiger partial charge on any atom is -0.508 e. The number of allylic oxidation sites excluding steroid dienone is 1. The van der Waals surface area contributed by atoms with Crippen LogP contribution in [0.4, 0.5) is 0 Å². The van der Waals surface area contributed by atoms with Gasteiger partial charge < -0.3 is 9.84 Å². The molecule has 0 saturated heterocycles. The molecule has 0 radical (unpaired) electrons. The predicted octanol–water partition coefficient (Wildman–Crippen LogP) is 2.01. The molecule has 14 heavy (non-hydrogen) atoms. The Morgan fingerprint density at radius 2 is 2.36 bits per heavy atom. The van der Waals surface area contributed by atoms with Crippen LogP contribution in [0, 0.1) is 0 Å². The van der Waals surface area contributed by atoms with Gasteiger partial charge in [0.05, 0.1) is 0 Å². The molecule has 0 amide bonds. The number of hydrogen-bond acceptors (Lipinski definition) is 3. The Morgan fingerprint density at radius 1 is 1.57 bits per heavy atom. The molecule has 3 nitrogen and oxygen atoms in total. The monoisotopic (exact) mass is 192 g/mol. The first-order valence-electron chi connectivity index (χ1n) is 4.29. The summed E-state index contributed by atoms with van der Waals surface area (Å²) in [6.07, 6.45) is 2.97. The summed E-state index contributed by atoms with van der Waals surface area (Å²) < 4.78 is 4.89. The molecule has 0 aliphatic heterocycles. The van der Waals surface area contributed by atoms with Gasteiger partial charge in [-0.25, -0.2) is 4.79 Å². The van der Waals surface area contributed by atoms with Crippen molar-refractivity contribution in [3.63, 3.8) is 0 Å². The number of benzene rings is 1. The highest BCUT2D eigenvalue weighted by Crippen LogP contribution is 2.11. The molecule has 1 aromatic rings. The van der Waals surface area contributed by atoms with Crippen molar-refractivity contribution in [3.05, 3.63) is 42.0 Å². The maximum Gasteiger partial charge on any atom is 0.330 e. The Hall–Kier alpha value is -1.77. The lowest BCUT2D eigenvalue weighted by molar-refractivity contribution is -0.139. The summed E-state index contributed by atoms with van der Waals surface area (Å²) in [5, 5.41) is 9.13. The van der Waals surface area contributed by atoms with Crippen LogP contribution in [-0.4, -0.2) is 11.1 Å². The number of rotatable bonds is 3. The van der Waals surface area contributed by atoms with Crippen LogP contribution in [0.25, 0.3) is 0 Å². The molecule has 0 aromatic heterocycles. The molecular formula is C11H12O3. The normalized spacial score (nSPS) is 10.4. The summed E-state index contributed by atoms with van der Waals surface area (Å²) in [5.41, 5.74) is 0.767. The molecule has 0 fully saturated rings. The lowest BCUT2D eigenvalue weighted by Crippen LogP contribution is -2.00. The third-order valence-electron chi connectivity index (χ3n) is 1.59. The van der Waals surface area contributed by atoms with E-state index < -0.39 is 0 Å². The van der Waals surface area contributed by atoms with Gasteiger partial charge in [-0.1, -0.05) is 18.2 Å². The summed E-state index contributed by atoms with van der Waals surface area (Å²) in [5.74, 6) is -0.208. The van der Waals surface area contributed by atoms with E-state index in [2.05, 4.69) is 0 Å². The van der Waals surface area contributed by atoms with Gasteiger partial charge in [0, 0.05) is 6.08 Å². The van der Waals surface area contributed by atoms with Crippen LogP contribution in [0.5, 0.6) is 5.75 Å². The Morgan fingerprint density at radius 3 is 3.00 bits per heavy atom. The van der Waals surface area contributed by atoms with Crippen LogP contribution in [0.15, 0.2) is 36.4 Å². The standard InChI is InChI=1S/C11H12O3/c1-2-4-11(13)14-8-9-5-3-6-10(12)7-9/h2-7,12H,8H2,1H3. The van der Waals surface area contributed by atoms with Crippen molar-refractivity contribution in [3.8, 4) is 5.75 Å². The third kappa shape index (κ3) is 3.31.